The number of halogens is 4. The number of aromatic nitrogens is 1. The summed E-state index contributed by atoms with van der Waals surface area (Å²) in [6.07, 6.45) is 2.33. The molecule has 1 aromatic heterocycles. The van der Waals surface area contributed by atoms with Gasteiger partial charge in [-0.05, 0) is 78.0 Å². The van der Waals surface area contributed by atoms with Crippen LogP contribution in [0.25, 0.3) is 10.9 Å². The second kappa shape index (κ2) is 9.78. The third kappa shape index (κ3) is 4.81. The fourth-order valence-electron chi connectivity index (χ4n) is 4.40. The number of hydrogen-bond donors (Lipinski definition) is 2. The number of nitrogens with zero attached hydrogens (tertiary/aromatic N) is 2. The Balaban J connectivity index is 1.76. The molecule has 1 saturated carbocycles. The lowest BCUT2D eigenvalue weighted by Gasteiger charge is -2.38. The van der Waals surface area contributed by atoms with E-state index in [1.807, 2.05) is 33.1 Å². The van der Waals surface area contributed by atoms with Crippen molar-refractivity contribution in [2.75, 3.05) is 29.3 Å². The Kier molecular flexibility index (Phi) is 7.48. The van der Waals surface area contributed by atoms with Crippen molar-refractivity contribution >= 4 is 96.2 Å². The first-order valence-electron chi connectivity index (χ1n) is 10.6. The molecule has 34 heavy (non-hydrogen) atoms. The molecule has 2 bridgehead atoms. The molecule has 0 radical (unpaired) electrons. The van der Waals surface area contributed by atoms with Gasteiger partial charge in [-0.1, -0.05) is 0 Å². The number of ether oxygens (including phenoxy) is 1. The van der Waals surface area contributed by atoms with Gasteiger partial charge in [0, 0.05) is 21.4 Å². The predicted molar refractivity (Wildman–Crippen MR) is 145 cm³/mol. The molecular formula is C22H24BrClFIN4O3S. The van der Waals surface area contributed by atoms with Gasteiger partial charge >= 0.3 is 6.09 Å². The Labute approximate surface area is 228 Å². The molecule has 12 heteroatoms. The topological polar surface area (TPSA) is 83.6 Å². The van der Waals surface area contributed by atoms with E-state index in [9.17, 15) is 9.59 Å². The number of nitrogens with one attached hydrogen (secondary N) is 2. The zero-order valence-electron chi connectivity index (χ0n) is 19.0. The van der Waals surface area contributed by atoms with E-state index in [1.54, 1.807) is 4.90 Å². The van der Waals surface area contributed by atoms with Gasteiger partial charge < -0.3 is 20.3 Å². The molecule has 3 unspecified atom stereocenters. The van der Waals surface area contributed by atoms with Crippen LogP contribution in [0.15, 0.2) is 15.6 Å². The average Bonchev–Trinajstić information content (AvgIpc) is 3.35. The minimum Gasteiger partial charge on any atom is -0.444 e. The molecule has 2 N–H and O–H groups in total. The first-order chi connectivity index (χ1) is 15.9. The predicted octanol–water partition coefficient (Wildman–Crippen LogP) is 6.06. The van der Waals surface area contributed by atoms with Gasteiger partial charge in [0.25, 0.3) is 0 Å². The number of amides is 2. The summed E-state index contributed by atoms with van der Waals surface area (Å²) >= 11 is 12.4. The smallest absolute Gasteiger partial charge is 0.410 e. The van der Waals surface area contributed by atoms with Gasteiger partial charge in [-0.3, -0.25) is 4.79 Å². The van der Waals surface area contributed by atoms with Crippen molar-refractivity contribution in [3.63, 3.8) is 0 Å². The zero-order valence-corrected chi connectivity index (χ0v) is 24.3. The van der Waals surface area contributed by atoms with E-state index in [0.717, 1.165) is 6.42 Å². The second-order valence-electron chi connectivity index (χ2n) is 9.30. The van der Waals surface area contributed by atoms with Crippen molar-refractivity contribution in [2.45, 2.75) is 49.9 Å². The molecule has 1 aromatic carbocycles. The maximum atomic E-state index is 15.2. The summed E-state index contributed by atoms with van der Waals surface area (Å²) < 4.78 is 21.8. The number of rotatable bonds is 5. The summed E-state index contributed by atoms with van der Waals surface area (Å²) in [7, 11) is 0. The van der Waals surface area contributed by atoms with Crippen molar-refractivity contribution in [2.24, 2.45) is 5.92 Å². The minimum absolute atomic E-state index is 0.0586. The molecule has 7 nitrogen and oxygen atoms in total. The van der Waals surface area contributed by atoms with Gasteiger partial charge in [0.15, 0.2) is 5.82 Å². The lowest BCUT2D eigenvalue weighted by Crippen LogP contribution is -2.50. The van der Waals surface area contributed by atoms with Crippen LogP contribution in [0.1, 0.15) is 27.2 Å². The summed E-state index contributed by atoms with van der Waals surface area (Å²) in [5, 5.41) is 7.38. The van der Waals surface area contributed by atoms with Crippen molar-refractivity contribution in [1.29, 1.82) is 0 Å². The van der Waals surface area contributed by atoms with Crippen LogP contribution in [0, 0.1) is 15.3 Å². The lowest BCUT2D eigenvalue weighted by atomic mass is 9.79. The van der Waals surface area contributed by atoms with Crippen LogP contribution < -0.4 is 10.6 Å². The average molecular weight is 686 g/mol. The van der Waals surface area contributed by atoms with Crippen molar-refractivity contribution in [3.05, 3.63) is 19.9 Å². The van der Waals surface area contributed by atoms with Crippen LogP contribution in [-0.4, -0.2) is 58.2 Å². The second-order valence-corrected chi connectivity index (χ2v) is 12.3. The molecule has 184 valence electrons. The molecule has 5 rings (SSSR count). The van der Waals surface area contributed by atoms with Gasteiger partial charge in [0.05, 0.1) is 27.9 Å². The summed E-state index contributed by atoms with van der Waals surface area (Å²) in [6, 6.07) is 1.70. The van der Waals surface area contributed by atoms with Crippen LogP contribution in [-0.2, 0) is 9.53 Å². The number of thioether (sulfide) groups is 1. The van der Waals surface area contributed by atoms with Gasteiger partial charge in [0.1, 0.15) is 22.0 Å². The molecule has 2 aromatic rings. The molecular weight excluding hydrogens is 662 g/mol. The fourth-order valence-corrected chi connectivity index (χ4v) is 5.86. The highest BCUT2D eigenvalue weighted by Crippen LogP contribution is 2.47. The van der Waals surface area contributed by atoms with Gasteiger partial charge in [-0.25, -0.2) is 14.2 Å². The zero-order chi connectivity index (χ0) is 24.9. The molecule has 1 aliphatic carbocycles. The number of benzene rings is 1. The highest BCUT2D eigenvalue weighted by Gasteiger charge is 2.55. The number of anilines is 2. The van der Waals surface area contributed by atoms with Crippen LogP contribution in [0.4, 0.5) is 20.6 Å². The van der Waals surface area contributed by atoms with Crippen molar-refractivity contribution < 1.29 is 18.7 Å². The molecule has 3 atom stereocenters. The molecule has 3 fully saturated rings. The van der Waals surface area contributed by atoms with E-state index in [-0.39, 0.29) is 41.4 Å². The van der Waals surface area contributed by atoms with Crippen LogP contribution in [0.5, 0.6) is 0 Å². The SMILES string of the molecule is CSc1nc2c(F)c(Br)c(I)cc2c(NC2C3CC2N(C(=O)OC(C)(C)C)C3)c1NC(=O)CCl. The van der Waals surface area contributed by atoms with E-state index in [1.165, 1.54) is 11.8 Å². The van der Waals surface area contributed by atoms with E-state index in [0.29, 0.717) is 36.4 Å². The standard InChI is InChI=1S/C22H24BrClFIN4O3S/c1-22(2,3)33-21(32)30-8-9-5-12(30)16(9)28-18-10-6-11(26)14(23)15(25)17(10)29-20(34-4)19(18)27-13(31)7-24/h6,9,12,16H,5,7-8H2,1-4H3,(H,27,31)(H,28,29). The number of carbonyl (C=O) groups is 2. The van der Waals surface area contributed by atoms with Crippen molar-refractivity contribution in [1.82, 2.24) is 9.88 Å². The highest BCUT2D eigenvalue weighted by molar-refractivity contribution is 14.1. The maximum absolute atomic E-state index is 15.2. The quantitative estimate of drug-likeness (QED) is 0.173. The first kappa shape index (κ1) is 26.0. The lowest BCUT2D eigenvalue weighted by molar-refractivity contribution is -0.113. The minimum atomic E-state index is -0.581. The van der Waals surface area contributed by atoms with Crippen LogP contribution in [0.2, 0.25) is 0 Å². The largest absolute Gasteiger partial charge is 0.444 e. The summed E-state index contributed by atoms with van der Waals surface area (Å²) in [5.74, 6) is -0.865. The van der Waals surface area contributed by atoms with Crippen LogP contribution in [0.3, 0.4) is 0 Å². The first-order valence-corrected chi connectivity index (χ1v) is 14.3. The van der Waals surface area contributed by atoms with Gasteiger partial charge in [-0.2, -0.15) is 0 Å². The molecule has 0 spiro atoms. The van der Waals surface area contributed by atoms with Gasteiger partial charge in [-0.15, -0.1) is 23.4 Å². The Hall–Kier alpha value is -1.05. The van der Waals surface area contributed by atoms with E-state index in [2.05, 4.69) is 54.1 Å². The molecule has 2 amide bonds. The van der Waals surface area contributed by atoms with E-state index in [4.69, 9.17) is 16.3 Å². The van der Waals surface area contributed by atoms with Crippen molar-refractivity contribution in [3.8, 4) is 0 Å². The van der Waals surface area contributed by atoms with Gasteiger partial charge in [0.2, 0.25) is 5.91 Å². The van der Waals surface area contributed by atoms with E-state index >= 15 is 4.39 Å². The Morgan fingerprint density at radius 3 is 2.74 bits per heavy atom. The molecule has 2 saturated heterocycles. The Morgan fingerprint density at radius 2 is 2.12 bits per heavy atom. The Morgan fingerprint density at radius 1 is 1.41 bits per heavy atom. The highest BCUT2D eigenvalue weighted by atomic mass is 127. The normalized spacial score (nSPS) is 21.4. The number of alkyl halides is 1. The molecule has 3 heterocycles. The number of hydrogen-bond acceptors (Lipinski definition) is 6. The fraction of sp³-hybridized carbons (Fsp3) is 0.500. The number of fused-ring (bicyclic) bond motifs is 2. The maximum Gasteiger partial charge on any atom is 0.410 e. The summed E-state index contributed by atoms with van der Waals surface area (Å²) in [4.78, 5) is 31.2. The monoisotopic (exact) mass is 684 g/mol. The molecule has 3 aliphatic rings. The van der Waals surface area contributed by atoms with Crippen LogP contribution >= 0.6 is 61.9 Å². The molecule has 2 aliphatic heterocycles. The third-order valence-corrected chi connectivity index (χ3v) is 9.19. The third-order valence-electron chi connectivity index (χ3n) is 5.90. The van der Waals surface area contributed by atoms with E-state index < -0.39 is 11.4 Å². The number of pyridine rings is 1. The number of carbonyl (C=O) groups excluding carboxylic acids is 2. The Bertz CT molecular complexity index is 1180. The summed E-state index contributed by atoms with van der Waals surface area (Å²) in [6.45, 7) is 6.10. The summed E-state index contributed by atoms with van der Waals surface area (Å²) in [5.41, 5.74) is 0.641.